The highest BCUT2D eigenvalue weighted by molar-refractivity contribution is 5.98. The fourth-order valence-electron chi connectivity index (χ4n) is 4.46. The van der Waals surface area contributed by atoms with Gasteiger partial charge in [0.05, 0.1) is 22.8 Å². The molecule has 0 atom stereocenters. The molecule has 0 radical (unpaired) electrons. The summed E-state index contributed by atoms with van der Waals surface area (Å²) >= 11 is 0. The van der Waals surface area contributed by atoms with Crippen LogP contribution in [0.2, 0.25) is 0 Å². The minimum Gasteiger partial charge on any atom is -0.325 e. The third-order valence-corrected chi connectivity index (χ3v) is 6.24. The number of aromatic nitrogens is 6. The monoisotopic (exact) mass is 509 g/mol. The lowest BCUT2D eigenvalue weighted by Gasteiger charge is -2.08. The van der Waals surface area contributed by atoms with Crippen LogP contribution in [0.15, 0.2) is 67.1 Å². The van der Waals surface area contributed by atoms with Crippen molar-refractivity contribution >= 4 is 33.7 Å². The Bertz CT molecular complexity index is 1810. The number of hydrogen-bond donors (Lipinski definition) is 3. The van der Waals surface area contributed by atoms with E-state index in [9.17, 15) is 9.18 Å². The van der Waals surface area contributed by atoms with Crippen LogP contribution < -0.4 is 5.32 Å². The van der Waals surface area contributed by atoms with E-state index >= 15 is 4.39 Å². The van der Waals surface area contributed by atoms with Crippen LogP contribution >= 0.6 is 0 Å². The second-order valence-electron chi connectivity index (χ2n) is 8.83. The van der Waals surface area contributed by atoms with Gasteiger partial charge in [-0.1, -0.05) is 19.1 Å². The maximum Gasteiger partial charge on any atom is 0.224 e. The number of anilines is 1. The topological polar surface area (TPSA) is 112 Å². The lowest BCUT2D eigenvalue weighted by molar-refractivity contribution is -0.116. The van der Waals surface area contributed by atoms with Gasteiger partial charge in [0.15, 0.2) is 11.5 Å². The predicted molar refractivity (Wildman–Crippen MR) is 141 cm³/mol. The van der Waals surface area contributed by atoms with Crippen molar-refractivity contribution in [3.05, 3.63) is 78.8 Å². The first kappa shape index (κ1) is 23.4. The minimum absolute atomic E-state index is 0.127. The molecule has 8 nitrogen and oxygen atoms in total. The Morgan fingerprint density at radius 2 is 1.84 bits per heavy atom. The van der Waals surface area contributed by atoms with Crippen LogP contribution in [-0.2, 0) is 4.79 Å². The van der Waals surface area contributed by atoms with E-state index in [4.69, 9.17) is 4.98 Å². The number of nitrogens with one attached hydrogen (secondary N) is 3. The summed E-state index contributed by atoms with van der Waals surface area (Å²) in [5, 5.41) is 10.3. The minimum atomic E-state index is -0.503. The second-order valence-corrected chi connectivity index (χ2v) is 8.83. The molecule has 38 heavy (non-hydrogen) atoms. The highest BCUT2D eigenvalue weighted by atomic mass is 19.1. The average Bonchev–Trinajstić information content (AvgIpc) is 3.54. The van der Waals surface area contributed by atoms with Gasteiger partial charge in [-0.2, -0.15) is 5.10 Å². The molecule has 0 unspecified atom stereocenters. The summed E-state index contributed by atoms with van der Waals surface area (Å²) in [7, 11) is 0. The number of halogens is 2. The maximum absolute atomic E-state index is 16.0. The molecule has 0 saturated heterocycles. The summed E-state index contributed by atoms with van der Waals surface area (Å²) in [4.78, 5) is 28.4. The third-order valence-electron chi connectivity index (χ3n) is 6.24. The zero-order valence-corrected chi connectivity index (χ0v) is 20.2. The molecule has 4 heterocycles. The van der Waals surface area contributed by atoms with Gasteiger partial charge in [-0.3, -0.25) is 14.9 Å². The van der Waals surface area contributed by atoms with Crippen molar-refractivity contribution in [2.75, 3.05) is 5.32 Å². The first-order chi connectivity index (χ1) is 18.5. The Kier molecular flexibility index (Phi) is 5.83. The molecular formula is C28H21F2N7O. The summed E-state index contributed by atoms with van der Waals surface area (Å²) in [5.74, 6) is -0.626. The van der Waals surface area contributed by atoms with Gasteiger partial charge in [-0.25, -0.2) is 18.7 Å². The van der Waals surface area contributed by atoms with Crippen molar-refractivity contribution in [2.24, 2.45) is 0 Å². The van der Waals surface area contributed by atoms with Crippen molar-refractivity contribution in [3.63, 3.8) is 0 Å². The van der Waals surface area contributed by atoms with Crippen molar-refractivity contribution in [1.29, 1.82) is 0 Å². The number of imidazole rings is 1. The highest BCUT2D eigenvalue weighted by Gasteiger charge is 2.21. The van der Waals surface area contributed by atoms with Crippen LogP contribution in [0.4, 0.5) is 14.5 Å². The van der Waals surface area contributed by atoms with Gasteiger partial charge >= 0.3 is 0 Å². The molecule has 1 amide bonds. The fraction of sp³-hybridized carbons (Fsp3) is 0.107. The van der Waals surface area contributed by atoms with Crippen LogP contribution in [0.1, 0.15) is 19.8 Å². The molecule has 10 heteroatoms. The van der Waals surface area contributed by atoms with Crippen molar-refractivity contribution in [2.45, 2.75) is 19.8 Å². The average molecular weight is 510 g/mol. The Labute approximate surface area is 215 Å². The molecule has 2 aromatic carbocycles. The molecular weight excluding hydrogens is 488 g/mol. The van der Waals surface area contributed by atoms with Crippen LogP contribution in [-0.4, -0.2) is 36.0 Å². The first-order valence-electron chi connectivity index (χ1n) is 12.0. The van der Waals surface area contributed by atoms with Gasteiger partial charge in [0.1, 0.15) is 22.8 Å². The van der Waals surface area contributed by atoms with E-state index in [0.717, 1.165) is 17.5 Å². The first-order valence-corrected chi connectivity index (χ1v) is 12.0. The standard InChI is InChI=1S/C28H21F2N7O/c1-2-3-22(38)33-18-12-16(13-31-14-18)19-8-9-21-23(24(19)30)26(37-36-21)28-34-25-20(10-11-32-27(25)35-28)15-4-6-17(29)7-5-15/h4-14H,2-3H2,1H3,(H,33,38)(H,36,37)(H,32,34,35). The lowest BCUT2D eigenvalue weighted by Crippen LogP contribution is -2.10. The van der Waals surface area contributed by atoms with E-state index in [1.807, 2.05) is 6.92 Å². The lowest BCUT2D eigenvalue weighted by atomic mass is 10.0. The molecule has 0 fully saturated rings. The van der Waals surface area contributed by atoms with E-state index in [1.165, 1.54) is 18.3 Å². The molecule has 0 saturated carbocycles. The van der Waals surface area contributed by atoms with Crippen molar-refractivity contribution in [1.82, 2.24) is 30.1 Å². The molecule has 188 valence electrons. The molecule has 0 spiro atoms. The Morgan fingerprint density at radius 1 is 1.00 bits per heavy atom. The zero-order valence-electron chi connectivity index (χ0n) is 20.2. The summed E-state index contributed by atoms with van der Waals surface area (Å²) in [5.41, 5.74) is 4.68. The van der Waals surface area contributed by atoms with Gasteiger partial charge in [-0.05, 0) is 48.4 Å². The van der Waals surface area contributed by atoms with Gasteiger partial charge in [0.2, 0.25) is 5.91 Å². The summed E-state index contributed by atoms with van der Waals surface area (Å²) in [6.45, 7) is 1.92. The largest absolute Gasteiger partial charge is 0.325 e. The van der Waals surface area contributed by atoms with Crippen LogP contribution in [0, 0.1) is 11.6 Å². The van der Waals surface area contributed by atoms with Gasteiger partial charge < -0.3 is 10.3 Å². The molecule has 0 aliphatic heterocycles. The number of aromatic amines is 2. The number of benzene rings is 2. The number of carbonyl (C=O) groups is 1. The van der Waals surface area contributed by atoms with E-state index < -0.39 is 5.82 Å². The SMILES string of the molecule is CCCC(=O)Nc1cncc(-c2ccc3[nH]nc(-c4nc5c(-c6ccc(F)cc6)ccnc5[nH]4)c3c2F)c1. The summed E-state index contributed by atoms with van der Waals surface area (Å²) < 4.78 is 29.5. The van der Waals surface area contributed by atoms with Crippen LogP contribution in [0.25, 0.3) is 55.8 Å². The number of carbonyl (C=O) groups excluding carboxylic acids is 1. The Balaban J connectivity index is 1.44. The molecule has 0 aliphatic rings. The van der Waals surface area contributed by atoms with Crippen LogP contribution in [0.3, 0.4) is 0 Å². The number of hydrogen-bond acceptors (Lipinski definition) is 5. The van der Waals surface area contributed by atoms with Gasteiger partial charge in [0.25, 0.3) is 0 Å². The zero-order chi connectivity index (χ0) is 26.2. The molecule has 4 aromatic heterocycles. The number of amides is 1. The number of pyridine rings is 2. The molecule has 6 aromatic rings. The van der Waals surface area contributed by atoms with Crippen molar-refractivity contribution in [3.8, 4) is 33.8 Å². The number of rotatable bonds is 6. The Morgan fingerprint density at radius 3 is 2.66 bits per heavy atom. The number of nitrogens with zero attached hydrogens (tertiary/aromatic N) is 4. The number of H-pyrrole nitrogens is 2. The van der Waals surface area contributed by atoms with E-state index in [1.54, 1.807) is 48.8 Å². The summed E-state index contributed by atoms with van der Waals surface area (Å²) in [6, 6.07) is 12.9. The molecule has 6 rings (SSSR count). The van der Waals surface area contributed by atoms with Gasteiger partial charge in [-0.15, -0.1) is 0 Å². The second kappa shape index (κ2) is 9.47. The van der Waals surface area contributed by atoms with E-state index in [-0.39, 0.29) is 17.1 Å². The molecule has 3 N–H and O–H groups in total. The molecule has 0 aliphatic carbocycles. The normalized spacial score (nSPS) is 11.3. The van der Waals surface area contributed by atoms with Gasteiger partial charge in [0, 0.05) is 35.5 Å². The highest BCUT2D eigenvalue weighted by Crippen LogP contribution is 2.35. The third kappa shape index (κ3) is 4.15. The van der Waals surface area contributed by atoms with Crippen molar-refractivity contribution < 1.29 is 13.6 Å². The number of fused-ring (bicyclic) bond motifs is 2. The maximum atomic E-state index is 16.0. The van der Waals surface area contributed by atoms with E-state index in [0.29, 0.717) is 51.4 Å². The Hall–Kier alpha value is -4.99. The predicted octanol–water partition coefficient (Wildman–Crippen LogP) is 6.25. The fourth-order valence-corrected chi connectivity index (χ4v) is 4.46. The molecule has 0 bridgehead atoms. The van der Waals surface area contributed by atoms with Crippen LogP contribution in [0.5, 0.6) is 0 Å². The summed E-state index contributed by atoms with van der Waals surface area (Å²) in [6.07, 6.45) is 5.80. The quantitative estimate of drug-likeness (QED) is 0.246. The smallest absolute Gasteiger partial charge is 0.224 e. The van der Waals surface area contributed by atoms with E-state index in [2.05, 4.69) is 30.5 Å².